The molecule has 2 amide bonds. The van der Waals surface area contributed by atoms with Gasteiger partial charge in [-0.15, -0.1) is 0 Å². The molecule has 1 aliphatic rings. The van der Waals surface area contributed by atoms with Crippen LogP contribution in [0.1, 0.15) is 65.6 Å². The molecule has 228 valence electrons. The molecular weight excluding hydrogens is 582 g/mol. The monoisotopic (exact) mass is 615 g/mol. The van der Waals surface area contributed by atoms with Crippen LogP contribution in [0.25, 0.3) is 10.9 Å². The Bertz CT molecular complexity index is 1860. The number of rotatable bonds is 8. The Morgan fingerprint density at radius 3 is 2.59 bits per heavy atom. The summed E-state index contributed by atoms with van der Waals surface area (Å²) < 4.78 is 39.4. The van der Waals surface area contributed by atoms with Crippen molar-refractivity contribution in [2.75, 3.05) is 19.0 Å². The summed E-state index contributed by atoms with van der Waals surface area (Å²) >= 11 is 0. The van der Waals surface area contributed by atoms with Crippen molar-refractivity contribution in [2.24, 2.45) is 0 Å². The van der Waals surface area contributed by atoms with E-state index in [0.29, 0.717) is 11.4 Å². The normalized spacial score (nSPS) is 14.0. The second-order valence-electron chi connectivity index (χ2n) is 10.5. The molecule has 4 aromatic rings. The van der Waals surface area contributed by atoms with Crippen LogP contribution in [-0.2, 0) is 14.8 Å². The molecule has 1 heterocycles. The molecule has 1 aromatic heterocycles. The number of aromatic amines is 1. The van der Waals surface area contributed by atoms with Crippen molar-refractivity contribution in [3.63, 3.8) is 0 Å². The Hall–Kier alpha value is -4.79. The molecule has 1 aliphatic carbocycles. The minimum Gasteiger partial charge on any atom is -0.496 e. The number of hydrogen-bond acceptors (Lipinski definition) is 7. The topological polar surface area (TPSA) is 147 Å². The summed E-state index contributed by atoms with van der Waals surface area (Å²) in [5.74, 6) is 4.39. The highest BCUT2D eigenvalue weighted by Gasteiger charge is 2.24. The number of amides is 2. The van der Waals surface area contributed by atoms with Crippen LogP contribution in [0.2, 0.25) is 0 Å². The van der Waals surface area contributed by atoms with Gasteiger partial charge in [0, 0.05) is 45.4 Å². The van der Waals surface area contributed by atoms with Crippen molar-refractivity contribution >= 4 is 38.6 Å². The fourth-order valence-electron chi connectivity index (χ4n) is 5.44. The van der Waals surface area contributed by atoms with Gasteiger partial charge in [-0.1, -0.05) is 37.0 Å². The third-order valence-electron chi connectivity index (χ3n) is 7.67. The maximum absolute atomic E-state index is 13.1. The van der Waals surface area contributed by atoms with Crippen molar-refractivity contribution in [3.8, 4) is 17.6 Å². The van der Waals surface area contributed by atoms with Gasteiger partial charge in [0.05, 0.1) is 7.11 Å². The van der Waals surface area contributed by atoms with Crippen LogP contribution in [-0.4, -0.2) is 50.3 Å². The number of hydrogen-bond donors (Lipinski definition) is 4. The van der Waals surface area contributed by atoms with E-state index in [2.05, 4.69) is 26.9 Å². The number of H-pyrrole nitrogens is 1. The molecule has 44 heavy (non-hydrogen) atoms. The van der Waals surface area contributed by atoms with E-state index in [1.54, 1.807) is 12.1 Å². The summed E-state index contributed by atoms with van der Waals surface area (Å²) in [4.78, 5) is 28.6. The van der Waals surface area contributed by atoms with Gasteiger partial charge in [-0.2, -0.15) is 0 Å². The van der Waals surface area contributed by atoms with E-state index in [-0.39, 0.29) is 28.0 Å². The smallest absolute Gasteiger partial charge is 0.411 e. The molecule has 1 saturated carbocycles. The van der Waals surface area contributed by atoms with E-state index in [1.807, 2.05) is 31.3 Å². The first-order chi connectivity index (χ1) is 21.2. The van der Waals surface area contributed by atoms with Crippen LogP contribution in [0.3, 0.4) is 0 Å². The van der Waals surface area contributed by atoms with Gasteiger partial charge in [-0.05, 0) is 73.7 Å². The molecule has 1 unspecified atom stereocenters. The Morgan fingerprint density at radius 2 is 1.84 bits per heavy atom. The quantitative estimate of drug-likeness (QED) is 0.197. The van der Waals surface area contributed by atoms with Crippen LogP contribution in [0.5, 0.6) is 5.75 Å². The number of carbonyl (C=O) groups excluding carboxylic acids is 2. The van der Waals surface area contributed by atoms with Crippen molar-refractivity contribution < 1.29 is 32.6 Å². The molecule has 0 spiro atoms. The van der Waals surface area contributed by atoms with Crippen LogP contribution in [0.15, 0.2) is 71.8 Å². The maximum Gasteiger partial charge on any atom is 0.411 e. The van der Waals surface area contributed by atoms with E-state index in [1.165, 1.54) is 37.4 Å². The number of fused-ring (bicyclic) bond motifs is 1. The highest BCUT2D eigenvalue weighted by atomic mass is 32.2. The standard InChI is InChI=1S/C33H33N3O7S/c1-21(28-20-34-29-16-14-24(19-27(28)29)35-33(39)43-25-10-4-5-11-25)26-15-13-23(18-30(26)42-2)32(38)36-44(40,41)31-12-6-3-8-22(31)9-7-17-37/h3,6,8,12-16,18-21,25,34,37H,4-5,10-11,17H2,1-2H3,(H,35,39)(H,36,38). The van der Waals surface area contributed by atoms with Crippen molar-refractivity contribution in [1.29, 1.82) is 0 Å². The predicted octanol–water partition coefficient (Wildman–Crippen LogP) is 5.28. The zero-order valence-electron chi connectivity index (χ0n) is 24.3. The first-order valence-corrected chi connectivity index (χ1v) is 15.7. The third kappa shape index (κ3) is 6.72. The van der Waals surface area contributed by atoms with Gasteiger partial charge in [0.2, 0.25) is 0 Å². The van der Waals surface area contributed by atoms with Gasteiger partial charge in [-0.3, -0.25) is 10.1 Å². The number of aliphatic hydroxyl groups is 1. The van der Waals surface area contributed by atoms with E-state index in [9.17, 15) is 18.0 Å². The molecule has 1 fully saturated rings. The lowest BCUT2D eigenvalue weighted by Crippen LogP contribution is -2.31. The largest absolute Gasteiger partial charge is 0.496 e. The average Bonchev–Trinajstić information content (AvgIpc) is 3.69. The number of ether oxygens (including phenoxy) is 2. The highest BCUT2D eigenvalue weighted by molar-refractivity contribution is 7.90. The molecule has 11 heteroatoms. The fourth-order valence-corrected chi connectivity index (χ4v) is 6.57. The molecule has 0 bridgehead atoms. The lowest BCUT2D eigenvalue weighted by Gasteiger charge is -2.17. The molecule has 5 rings (SSSR count). The summed E-state index contributed by atoms with van der Waals surface area (Å²) in [6, 6.07) is 16.3. The summed E-state index contributed by atoms with van der Waals surface area (Å²) in [5.41, 5.74) is 3.45. The van der Waals surface area contributed by atoms with Gasteiger partial charge in [-0.25, -0.2) is 17.9 Å². The zero-order chi connectivity index (χ0) is 31.3. The highest BCUT2D eigenvalue weighted by Crippen LogP contribution is 2.37. The molecule has 0 aliphatic heterocycles. The predicted molar refractivity (Wildman–Crippen MR) is 166 cm³/mol. The second-order valence-corrected chi connectivity index (χ2v) is 12.2. The molecule has 0 radical (unpaired) electrons. The van der Waals surface area contributed by atoms with Crippen LogP contribution < -0.4 is 14.8 Å². The van der Waals surface area contributed by atoms with E-state index in [0.717, 1.165) is 47.7 Å². The molecule has 4 N–H and O–H groups in total. The number of carbonyl (C=O) groups is 2. The summed E-state index contributed by atoms with van der Waals surface area (Å²) in [7, 11) is -2.78. The summed E-state index contributed by atoms with van der Waals surface area (Å²) in [6.45, 7) is 1.56. The first-order valence-electron chi connectivity index (χ1n) is 14.2. The van der Waals surface area contributed by atoms with Gasteiger partial charge < -0.3 is 19.6 Å². The van der Waals surface area contributed by atoms with Crippen LogP contribution >= 0.6 is 0 Å². The van der Waals surface area contributed by atoms with E-state index in [4.69, 9.17) is 14.6 Å². The van der Waals surface area contributed by atoms with Gasteiger partial charge in [0.15, 0.2) is 0 Å². The SMILES string of the molecule is COc1cc(C(=O)NS(=O)(=O)c2ccccc2C#CCO)ccc1C(C)c1c[nH]c2ccc(NC(=O)OC3CCCC3)cc12. The van der Waals surface area contributed by atoms with Crippen molar-refractivity contribution in [1.82, 2.24) is 9.71 Å². The number of aliphatic hydroxyl groups excluding tert-OH is 1. The lowest BCUT2D eigenvalue weighted by molar-refractivity contribution is 0.0980. The number of anilines is 1. The Morgan fingerprint density at radius 1 is 1.07 bits per heavy atom. The Balaban J connectivity index is 1.36. The minimum absolute atomic E-state index is 0.0406. The van der Waals surface area contributed by atoms with Crippen molar-refractivity contribution in [2.45, 2.75) is 49.5 Å². The zero-order valence-corrected chi connectivity index (χ0v) is 25.2. The van der Waals surface area contributed by atoms with Crippen molar-refractivity contribution in [3.05, 3.63) is 89.1 Å². The van der Waals surface area contributed by atoms with Gasteiger partial charge >= 0.3 is 6.09 Å². The van der Waals surface area contributed by atoms with Crippen LogP contribution in [0, 0.1) is 11.8 Å². The number of benzene rings is 3. The molecule has 3 aromatic carbocycles. The number of sulfonamides is 1. The molecule has 0 saturated heterocycles. The Labute approximate surface area is 255 Å². The number of aromatic nitrogens is 1. The fraction of sp³-hybridized carbons (Fsp3) is 0.273. The average molecular weight is 616 g/mol. The first kappa shape index (κ1) is 30.7. The Kier molecular flexibility index (Phi) is 9.23. The lowest BCUT2D eigenvalue weighted by atomic mass is 9.91. The summed E-state index contributed by atoms with van der Waals surface area (Å²) in [5, 5.41) is 12.7. The summed E-state index contributed by atoms with van der Waals surface area (Å²) in [6.07, 6.45) is 5.29. The molecular formula is C33H33N3O7S. The van der Waals surface area contributed by atoms with E-state index >= 15 is 0 Å². The third-order valence-corrected chi connectivity index (χ3v) is 9.06. The van der Waals surface area contributed by atoms with E-state index < -0.39 is 28.6 Å². The molecule has 10 nitrogen and oxygen atoms in total. The number of nitrogens with one attached hydrogen (secondary N) is 3. The maximum atomic E-state index is 13.1. The second kappa shape index (κ2) is 13.2. The minimum atomic E-state index is -4.26. The van der Waals surface area contributed by atoms with Crippen LogP contribution in [0.4, 0.5) is 10.5 Å². The number of methoxy groups -OCH3 is 1. The van der Waals surface area contributed by atoms with Gasteiger partial charge in [0.1, 0.15) is 23.4 Å². The molecule has 1 atom stereocenters. The van der Waals surface area contributed by atoms with Gasteiger partial charge in [0.25, 0.3) is 15.9 Å².